The first kappa shape index (κ1) is 25.4. The molecule has 9 aromatic rings. The van der Waals surface area contributed by atoms with Crippen molar-refractivity contribution >= 4 is 66.8 Å². The van der Waals surface area contributed by atoms with Crippen molar-refractivity contribution in [3.63, 3.8) is 0 Å². The third kappa shape index (κ3) is 3.57. The van der Waals surface area contributed by atoms with E-state index >= 15 is 0 Å². The van der Waals surface area contributed by atoms with Crippen LogP contribution in [0.1, 0.15) is 11.3 Å². The first-order valence-corrected chi connectivity index (χ1v) is 15.1. The molecule has 4 heterocycles. The predicted octanol–water partition coefficient (Wildman–Crippen LogP) is 10.5. The number of fused-ring (bicyclic) bond motifs is 7. The van der Waals surface area contributed by atoms with Crippen LogP contribution in [-0.2, 0) is 0 Å². The molecule has 9 rings (SSSR count). The predicted molar refractivity (Wildman–Crippen MR) is 190 cm³/mol. The maximum Gasteiger partial charge on any atom is 0.145 e. The van der Waals surface area contributed by atoms with Crippen molar-refractivity contribution in [2.45, 2.75) is 0 Å². The highest BCUT2D eigenvalue weighted by atomic mass is 15.1. The Bertz CT molecular complexity index is 2570. The summed E-state index contributed by atoms with van der Waals surface area (Å²) >= 11 is 0. The molecule has 4 nitrogen and oxygen atoms in total. The Kier molecular flexibility index (Phi) is 5.47. The molecule has 0 bridgehead atoms. The number of hydrogen-bond acceptors (Lipinski definition) is 1. The maximum absolute atomic E-state index is 4.88. The summed E-state index contributed by atoms with van der Waals surface area (Å²) in [4.78, 5) is 4.88. The van der Waals surface area contributed by atoms with Crippen molar-refractivity contribution in [2.24, 2.45) is 0 Å². The van der Waals surface area contributed by atoms with Gasteiger partial charge in [-0.25, -0.2) is 4.98 Å². The van der Waals surface area contributed by atoms with Gasteiger partial charge in [-0.2, -0.15) is 0 Å². The molecule has 0 spiro atoms. The van der Waals surface area contributed by atoms with Gasteiger partial charge in [-0.15, -0.1) is 0 Å². The Morgan fingerprint density at radius 3 is 1.62 bits per heavy atom. The molecular formula is C41H28N4. The zero-order valence-corrected chi connectivity index (χ0v) is 24.6. The molecule has 0 aliphatic carbocycles. The Balaban J connectivity index is 1.24. The summed E-state index contributed by atoms with van der Waals surface area (Å²) in [5.41, 5.74) is 11.0. The summed E-state index contributed by atoms with van der Waals surface area (Å²) in [5, 5.41) is 5.97. The zero-order chi connectivity index (χ0) is 30.1. The summed E-state index contributed by atoms with van der Waals surface area (Å²) in [6, 6.07) is 45.4. The lowest BCUT2D eigenvalue weighted by Crippen LogP contribution is -1.99. The molecular weight excluding hydrogens is 548 g/mol. The number of pyridine rings is 1. The number of hydrogen-bond donors (Lipinski definition) is 0. The highest BCUT2D eigenvalue weighted by Crippen LogP contribution is 2.37. The molecule has 212 valence electrons. The molecule has 45 heavy (non-hydrogen) atoms. The van der Waals surface area contributed by atoms with Gasteiger partial charge in [0.05, 0.1) is 27.8 Å². The minimum Gasteiger partial charge on any atom is -0.309 e. The molecule has 0 amide bonds. The van der Waals surface area contributed by atoms with Crippen molar-refractivity contribution in [3.05, 3.63) is 158 Å². The lowest BCUT2D eigenvalue weighted by atomic mass is 10.1. The van der Waals surface area contributed by atoms with E-state index in [0.717, 1.165) is 55.8 Å². The molecule has 0 unspecified atom stereocenters. The van der Waals surface area contributed by atoms with E-state index in [2.05, 4.69) is 148 Å². The summed E-state index contributed by atoms with van der Waals surface area (Å²) in [6.07, 6.45) is 5.71. The van der Waals surface area contributed by atoms with Crippen molar-refractivity contribution in [3.8, 4) is 17.1 Å². The van der Waals surface area contributed by atoms with E-state index in [0.29, 0.717) is 0 Å². The molecule has 0 saturated carbocycles. The second-order valence-corrected chi connectivity index (χ2v) is 11.4. The summed E-state index contributed by atoms with van der Waals surface area (Å²) in [7, 11) is 0. The normalized spacial score (nSPS) is 11.7. The fourth-order valence-corrected chi connectivity index (χ4v) is 7.16. The van der Waals surface area contributed by atoms with Crippen molar-refractivity contribution < 1.29 is 0 Å². The van der Waals surface area contributed by atoms with Gasteiger partial charge in [0.25, 0.3) is 0 Å². The molecule has 0 aliphatic heterocycles. The third-order valence-electron chi connectivity index (χ3n) is 9.06. The van der Waals surface area contributed by atoms with Gasteiger partial charge in [0, 0.05) is 55.8 Å². The van der Waals surface area contributed by atoms with Gasteiger partial charge in [0.1, 0.15) is 5.65 Å². The van der Waals surface area contributed by atoms with E-state index in [-0.39, 0.29) is 0 Å². The average Bonchev–Trinajstić information content (AvgIpc) is 3.73. The van der Waals surface area contributed by atoms with E-state index < -0.39 is 0 Å². The van der Waals surface area contributed by atoms with E-state index in [1.54, 1.807) is 0 Å². The standard InChI is InChI=1S/C41H28N4/c1-3-30-31-12-5-8-16-37(31)43(36(30)4-2)27-19-21-28(22-20-27)45-40-24-23-29(26-35(40)34-15-11-25-42-41(34)45)44-38-17-9-6-13-32(38)33-14-7-10-18-39(33)44/h3-26H,1-2H2. The quantitative estimate of drug-likeness (QED) is 0.200. The lowest BCUT2D eigenvalue weighted by molar-refractivity contribution is 1.09. The Morgan fingerprint density at radius 2 is 0.978 bits per heavy atom. The first-order valence-electron chi connectivity index (χ1n) is 15.1. The maximum atomic E-state index is 4.88. The van der Waals surface area contributed by atoms with Crippen LogP contribution in [0.3, 0.4) is 0 Å². The van der Waals surface area contributed by atoms with Crippen LogP contribution in [0.2, 0.25) is 0 Å². The molecule has 0 aliphatic rings. The molecule has 0 saturated heterocycles. The highest BCUT2D eigenvalue weighted by molar-refractivity contribution is 6.11. The SMILES string of the molecule is C=Cc1c(C=C)n(-c2ccc(-n3c4ccc(-n5c6ccccc6c6ccccc65)cc4c4cccnc43)cc2)c2ccccc12. The van der Waals surface area contributed by atoms with E-state index in [4.69, 9.17) is 4.98 Å². The zero-order valence-electron chi connectivity index (χ0n) is 24.6. The molecule has 4 aromatic heterocycles. The molecule has 0 N–H and O–H groups in total. The second-order valence-electron chi connectivity index (χ2n) is 11.4. The fourth-order valence-electron chi connectivity index (χ4n) is 7.16. The van der Waals surface area contributed by atoms with E-state index in [9.17, 15) is 0 Å². The van der Waals surface area contributed by atoms with Crippen LogP contribution in [0.4, 0.5) is 0 Å². The Morgan fingerprint density at radius 1 is 0.444 bits per heavy atom. The fraction of sp³-hybridized carbons (Fsp3) is 0. The van der Waals surface area contributed by atoms with Crippen LogP contribution in [0, 0.1) is 0 Å². The number of rotatable bonds is 5. The minimum absolute atomic E-state index is 0.937. The third-order valence-corrected chi connectivity index (χ3v) is 9.06. The van der Waals surface area contributed by atoms with Crippen LogP contribution in [0.5, 0.6) is 0 Å². The number of benzene rings is 5. The molecule has 5 aromatic carbocycles. The van der Waals surface area contributed by atoms with Gasteiger partial charge in [-0.05, 0) is 78.9 Å². The van der Waals surface area contributed by atoms with Crippen molar-refractivity contribution in [1.29, 1.82) is 0 Å². The largest absolute Gasteiger partial charge is 0.309 e. The minimum atomic E-state index is 0.937. The average molecular weight is 577 g/mol. The van der Waals surface area contributed by atoms with Crippen LogP contribution in [0.15, 0.2) is 147 Å². The van der Waals surface area contributed by atoms with Gasteiger partial charge < -0.3 is 9.13 Å². The number of nitrogens with zero attached hydrogens (tertiary/aromatic N) is 4. The van der Waals surface area contributed by atoms with Crippen LogP contribution in [-0.4, -0.2) is 18.7 Å². The Hall–Kier alpha value is -6.13. The summed E-state index contributed by atoms with van der Waals surface area (Å²) < 4.78 is 6.89. The van der Waals surface area contributed by atoms with Crippen LogP contribution >= 0.6 is 0 Å². The topological polar surface area (TPSA) is 27.7 Å². The van der Waals surface area contributed by atoms with Gasteiger partial charge in [-0.1, -0.05) is 73.8 Å². The smallest absolute Gasteiger partial charge is 0.145 e. The molecule has 0 fully saturated rings. The summed E-state index contributed by atoms with van der Waals surface area (Å²) in [5.74, 6) is 0. The van der Waals surface area contributed by atoms with Crippen LogP contribution in [0.25, 0.3) is 83.9 Å². The number of aromatic nitrogens is 4. The van der Waals surface area contributed by atoms with Crippen molar-refractivity contribution in [1.82, 2.24) is 18.7 Å². The second kappa shape index (κ2) is 9.69. The van der Waals surface area contributed by atoms with Crippen LogP contribution < -0.4 is 0 Å². The van der Waals surface area contributed by atoms with Gasteiger partial charge in [0.15, 0.2) is 0 Å². The first-order chi connectivity index (χ1) is 22.3. The molecule has 0 radical (unpaired) electrons. The lowest BCUT2D eigenvalue weighted by Gasteiger charge is -2.12. The highest BCUT2D eigenvalue weighted by Gasteiger charge is 2.18. The summed E-state index contributed by atoms with van der Waals surface area (Å²) in [6.45, 7) is 8.21. The molecule has 4 heteroatoms. The Labute approximate surface area is 260 Å². The number of para-hydroxylation sites is 3. The van der Waals surface area contributed by atoms with Gasteiger partial charge >= 0.3 is 0 Å². The van der Waals surface area contributed by atoms with Gasteiger partial charge in [0.2, 0.25) is 0 Å². The van der Waals surface area contributed by atoms with Gasteiger partial charge in [-0.3, -0.25) is 4.57 Å². The van der Waals surface area contributed by atoms with E-state index in [1.165, 1.54) is 27.2 Å². The van der Waals surface area contributed by atoms with E-state index in [1.807, 2.05) is 24.4 Å². The van der Waals surface area contributed by atoms with Crippen molar-refractivity contribution in [2.75, 3.05) is 0 Å². The monoisotopic (exact) mass is 576 g/mol. The molecule has 0 atom stereocenters.